The summed E-state index contributed by atoms with van der Waals surface area (Å²) in [5.41, 5.74) is 0.825. The van der Waals surface area contributed by atoms with E-state index in [1.165, 1.54) is 6.07 Å². The molecule has 2 rings (SSSR count). The molecule has 1 N–H and O–H groups in total. The lowest BCUT2D eigenvalue weighted by Crippen LogP contribution is -2.08. The minimum absolute atomic E-state index is 0.00116. The fourth-order valence-corrected chi connectivity index (χ4v) is 0.969. The zero-order valence-electron chi connectivity index (χ0n) is 11.2. The van der Waals surface area contributed by atoms with Gasteiger partial charge in [-0.1, -0.05) is 47.6 Å². The Bertz CT molecular complexity index is 401. The second-order valence-electron chi connectivity index (χ2n) is 2.08. The second-order valence-corrected chi connectivity index (χ2v) is 2.08. The number of rotatable bonds is 0. The first-order chi connectivity index (χ1) is 7.88. The van der Waals surface area contributed by atoms with Crippen molar-refractivity contribution in [3.8, 4) is 0 Å². The average molecular weight is 224 g/mol. The lowest BCUT2D eigenvalue weighted by atomic mass is 10.5. The topological polar surface area (TPSA) is 37.3 Å². The van der Waals surface area contributed by atoms with Crippen LogP contribution in [0.25, 0.3) is 5.65 Å². The highest BCUT2D eigenvalue weighted by Gasteiger charge is 1.90. The first kappa shape index (κ1) is 16.9. The Morgan fingerprint density at radius 3 is 2.06 bits per heavy atom. The maximum atomic E-state index is 11.0. The van der Waals surface area contributed by atoms with E-state index < -0.39 is 0 Å². The number of hydrogen-bond donors (Lipinski definition) is 1. The van der Waals surface area contributed by atoms with Crippen LogP contribution in [0, 0.1) is 0 Å². The number of nitrogens with zero attached hydrogens (tertiary/aromatic N) is 1. The van der Waals surface area contributed by atoms with E-state index in [1.54, 1.807) is 22.9 Å². The van der Waals surface area contributed by atoms with E-state index in [0.717, 1.165) is 5.65 Å². The van der Waals surface area contributed by atoms with E-state index in [4.69, 9.17) is 0 Å². The van der Waals surface area contributed by atoms with Crippen LogP contribution in [-0.4, -0.2) is 9.38 Å². The number of fused-ring (bicyclic) bond motifs is 1. The van der Waals surface area contributed by atoms with E-state index in [0.29, 0.717) is 0 Å². The summed E-state index contributed by atoms with van der Waals surface area (Å²) in [7, 11) is 0. The van der Waals surface area contributed by atoms with E-state index >= 15 is 0 Å². The first-order valence-corrected chi connectivity index (χ1v) is 6.03. The van der Waals surface area contributed by atoms with E-state index in [9.17, 15) is 4.79 Å². The van der Waals surface area contributed by atoms with Gasteiger partial charge >= 0.3 is 0 Å². The van der Waals surface area contributed by atoms with Crippen LogP contribution >= 0.6 is 0 Å². The third-order valence-electron chi connectivity index (χ3n) is 1.44. The molecule has 0 fully saturated rings. The summed E-state index contributed by atoms with van der Waals surface area (Å²) in [6.07, 6.45) is 3.44. The quantitative estimate of drug-likeness (QED) is 0.727. The van der Waals surface area contributed by atoms with Crippen LogP contribution in [0.4, 0.5) is 0 Å². The number of pyridine rings is 1. The number of aromatic nitrogens is 2. The molecule has 0 aliphatic heterocycles. The summed E-state index contributed by atoms with van der Waals surface area (Å²) in [5.74, 6) is 0. The zero-order chi connectivity index (χ0) is 13.0. The van der Waals surface area contributed by atoms with Crippen molar-refractivity contribution in [2.24, 2.45) is 0 Å². The normalized spacial score (nSPS) is 7.62. The average Bonchev–Trinajstić information content (AvgIpc) is 2.87. The molecule has 2 heterocycles. The molecule has 3 heteroatoms. The van der Waals surface area contributed by atoms with Crippen molar-refractivity contribution < 1.29 is 0 Å². The van der Waals surface area contributed by atoms with Gasteiger partial charge in [-0.15, -0.1) is 0 Å². The standard InChI is InChI=1S/C7H6N2O.3C2H6/c10-7-3-1-2-6-8-4-5-9(6)7;3*1-2/h1-5,8H;3*1-2H3. The number of nitrogens with one attached hydrogen (secondary N) is 1. The van der Waals surface area contributed by atoms with Gasteiger partial charge in [0.25, 0.3) is 5.56 Å². The fraction of sp³-hybridized carbons (Fsp3) is 0.462. The van der Waals surface area contributed by atoms with Crippen LogP contribution < -0.4 is 5.56 Å². The summed E-state index contributed by atoms with van der Waals surface area (Å²) in [6, 6.07) is 5.11. The van der Waals surface area contributed by atoms with Gasteiger partial charge in [0.2, 0.25) is 0 Å². The van der Waals surface area contributed by atoms with Crippen LogP contribution in [0.3, 0.4) is 0 Å². The van der Waals surface area contributed by atoms with Gasteiger partial charge in [0.05, 0.1) is 0 Å². The lowest BCUT2D eigenvalue weighted by molar-refractivity contribution is 1.11. The summed E-state index contributed by atoms with van der Waals surface area (Å²) >= 11 is 0. The van der Waals surface area contributed by atoms with Crippen LogP contribution in [0.2, 0.25) is 0 Å². The number of imidazole rings is 1. The largest absolute Gasteiger partial charge is 0.346 e. The molecular formula is C13H24N2O. The molecule has 0 unspecified atom stereocenters. The molecule has 0 aromatic carbocycles. The Morgan fingerprint density at radius 2 is 1.56 bits per heavy atom. The van der Waals surface area contributed by atoms with Gasteiger partial charge in [0.15, 0.2) is 0 Å². The summed E-state index contributed by atoms with van der Waals surface area (Å²) in [5, 5.41) is 0. The molecule has 0 aliphatic carbocycles. The molecule has 0 saturated carbocycles. The van der Waals surface area contributed by atoms with E-state index in [2.05, 4.69) is 4.98 Å². The third-order valence-corrected chi connectivity index (χ3v) is 1.44. The van der Waals surface area contributed by atoms with Crippen molar-refractivity contribution in [2.45, 2.75) is 41.5 Å². The van der Waals surface area contributed by atoms with E-state index in [-0.39, 0.29) is 5.56 Å². The molecule has 0 radical (unpaired) electrons. The van der Waals surface area contributed by atoms with Gasteiger partial charge in [-0.3, -0.25) is 9.20 Å². The molecule has 16 heavy (non-hydrogen) atoms. The lowest BCUT2D eigenvalue weighted by Gasteiger charge is -1.87. The van der Waals surface area contributed by atoms with Gasteiger partial charge in [0, 0.05) is 18.5 Å². The smallest absolute Gasteiger partial charge is 0.256 e. The van der Waals surface area contributed by atoms with Crippen molar-refractivity contribution >= 4 is 5.65 Å². The minimum Gasteiger partial charge on any atom is -0.346 e. The summed E-state index contributed by atoms with van der Waals surface area (Å²) in [6.45, 7) is 12.0. The molecular weight excluding hydrogens is 200 g/mol. The highest BCUT2D eigenvalue weighted by atomic mass is 16.1. The van der Waals surface area contributed by atoms with Crippen LogP contribution in [0.1, 0.15) is 41.5 Å². The number of H-pyrrole nitrogens is 1. The molecule has 0 spiro atoms. The van der Waals surface area contributed by atoms with Gasteiger partial charge in [-0.05, 0) is 6.07 Å². The van der Waals surface area contributed by atoms with E-state index in [1.807, 2.05) is 47.6 Å². The first-order valence-electron chi connectivity index (χ1n) is 6.03. The Hall–Kier alpha value is -1.51. The fourth-order valence-electron chi connectivity index (χ4n) is 0.969. The second kappa shape index (κ2) is 11.6. The summed E-state index contributed by atoms with van der Waals surface area (Å²) in [4.78, 5) is 13.9. The Morgan fingerprint density at radius 1 is 1.00 bits per heavy atom. The molecule has 0 amide bonds. The Kier molecular flexibility index (Phi) is 12.2. The molecule has 92 valence electrons. The molecule has 2 aromatic heterocycles. The maximum Gasteiger partial charge on any atom is 0.256 e. The van der Waals surface area contributed by atoms with Gasteiger partial charge < -0.3 is 4.98 Å². The maximum absolute atomic E-state index is 11.0. The van der Waals surface area contributed by atoms with Gasteiger partial charge in [-0.25, -0.2) is 0 Å². The van der Waals surface area contributed by atoms with Crippen molar-refractivity contribution in [2.75, 3.05) is 0 Å². The zero-order valence-corrected chi connectivity index (χ0v) is 11.2. The number of hydrogen-bond acceptors (Lipinski definition) is 1. The molecule has 0 atom stereocenters. The number of aromatic amines is 1. The molecule has 0 aliphatic rings. The van der Waals surface area contributed by atoms with Crippen molar-refractivity contribution in [3.05, 3.63) is 40.9 Å². The summed E-state index contributed by atoms with van der Waals surface area (Å²) < 4.78 is 1.56. The Balaban J connectivity index is 0. The van der Waals surface area contributed by atoms with Crippen LogP contribution in [0.5, 0.6) is 0 Å². The minimum atomic E-state index is -0.00116. The molecule has 0 saturated heterocycles. The van der Waals surface area contributed by atoms with Crippen LogP contribution in [0.15, 0.2) is 35.4 Å². The highest BCUT2D eigenvalue weighted by Crippen LogP contribution is 1.92. The van der Waals surface area contributed by atoms with Gasteiger partial charge in [0.1, 0.15) is 5.65 Å². The highest BCUT2D eigenvalue weighted by molar-refractivity contribution is 5.36. The third kappa shape index (κ3) is 4.82. The molecule has 2 aromatic rings. The van der Waals surface area contributed by atoms with Gasteiger partial charge in [-0.2, -0.15) is 0 Å². The monoisotopic (exact) mass is 224 g/mol. The Labute approximate surface area is 98.1 Å². The molecule has 3 nitrogen and oxygen atoms in total. The van der Waals surface area contributed by atoms with Crippen molar-refractivity contribution in [3.63, 3.8) is 0 Å². The van der Waals surface area contributed by atoms with Crippen LogP contribution in [-0.2, 0) is 0 Å². The molecule has 0 bridgehead atoms. The SMILES string of the molecule is CC.CC.CC.O=c1cccc2[nH]ccn12. The van der Waals surface area contributed by atoms with Crippen molar-refractivity contribution in [1.29, 1.82) is 0 Å². The predicted octanol–water partition coefficient (Wildman–Crippen LogP) is 3.71. The predicted molar refractivity (Wildman–Crippen MR) is 72.1 cm³/mol. The van der Waals surface area contributed by atoms with Crippen molar-refractivity contribution in [1.82, 2.24) is 9.38 Å².